The molecule has 0 fully saturated rings. The second-order valence-corrected chi connectivity index (χ2v) is 7.88. The number of carbonyl (C=O) groups is 2. The quantitative estimate of drug-likeness (QED) is 0.132. The fraction of sp³-hybridized carbons (Fsp3) is 0.0800. The van der Waals surface area contributed by atoms with Crippen molar-refractivity contribution in [2.45, 2.75) is 6.42 Å². The molecular formula is C25H17ClN2O7. The Kier molecular flexibility index (Phi) is 6.88. The van der Waals surface area contributed by atoms with Crippen LogP contribution in [0.3, 0.4) is 0 Å². The van der Waals surface area contributed by atoms with E-state index in [9.17, 15) is 24.5 Å². The highest BCUT2D eigenvalue weighted by atomic mass is 35.5. The molecule has 0 bridgehead atoms. The van der Waals surface area contributed by atoms with Crippen molar-refractivity contribution in [2.75, 3.05) is 6.54 Å². The Morgan fingerprint density at radius 3 is 2.51 bits per heavy atom. The van der Waals surface area contributed by atoms with Gasteiger partial charge in [0.05, 0.1) is 4.92 Å². The molecule has 0 aliphatic carbocycles. The van der Waals surface area contributed by atoms with E-state index in [0.717, 1.165) is 11.6 Å². The summed E-state index contributed by atoms with van der Waals surface area (Å²) >= 11 is 5.77. The van der Waals surface area contributed by atoms with Gasteiger partial charge in [0.1, 0.15) is 22.5 Å². The zero-order chi connectivity index (χ0) is 24.9. The summed E-state index contributed by atoms with van der Waals surface area (Å²) in [4.78, 5) is 47.8. The van der Waals surface area contributed by atoms with E-state index in [2.05, 4.69) is 5.32 Å². The van der Waals surface area contributed by atoms with Gasteiger partial charge in [-0.3, -0.25) is 14.9 Å². The lowest BCUT2D eigenvalue weighted by Gasteiger charge is -2.08. The Morgan fingerprint density at radius 1 is 1.00 bits per heavy atom. The fourth-order valence-corrected chi connectivity index (χ4v) is 3.53. The van der Waals surface area contributed by atoms with Crippen molar-refractivity contribution < 1.29 is 23.7 Å². The second kappa shape index (κ2) is 10.2. The SMILES string of the molecule is O=C(Oc1ccc2cc(C(=O)NCCc3ccccc3)c(=O)oc2c1)c1ccc(Cl)cc1[N+](=O)[O-]. The van der Waals surface area contributed by atoms with Crippen LogP contribution >= 0.6 is 11.6 Å². The Balaban J connectivity index is 1.50. The normalized spacial score (nSPS) is 10.7. The summed E-state index contributed by atoms with van der Waals surface area (Å²) in [6, 6.07) is 18.7. The monoisotopic (exact) mass is 492 g/mol. The number of ether oxygens (including phenoxy) is 1. The molecule has 0 atom stereocenters. The Labute approximate surface area is 203 Å². The number of nitro benzene ring substituents is 1. The van der Waals surface area contributed by atoms with Gasteiger partial charge in [-0.2, -0.15) is 0 Å². The zero-order valence-electron chi connectivity index (χ0n) is 18.0. The lowest BCUT2D eigenvalue weighted by Crippen LogP contribution is -2.29. The predicted molar refractivity (Wildman–Crippen MR) is 128 cm³/mol. The van der Waals surface area contributed by atoms with Crippen molar-refractivity contribution in [3.63, 3.8) is 0 Å². The first-order valence-electron chi connectivity index (χ1n) is 10.4. The number of nitro groups is 1. The van der Waals surface area contributed by atoms with Gasteiger partial charge in [0.2, 0.25) is 0 Å². The van der Waals surface area contributed by atoms with Crippen LogP contribution in [0.2, 0.25) is 5.02 Å². The molecule has 0 aliphatic rings. The van der Waals surface area contributed by atoms with Crippen molar-refractivity contribution >= 4 is 40.1 Å². The summed E-state index contributed by atoms with van der Waals surface area (Å²) in [7, 11) is 0. The molecule has 0 spiro atoms. The van der Waals surface area contributed by atoms with Crippen molar-refractivity contribution in [2.24, 2.45) is 0 Å². The highest BCUT2D eigenvalue weighted by Crippen LogP contribution is 2.26. The number of hydrogen-bond donors (Lipinski definition) is 1. The van der Waals surface area contributed by atoms with Gasteiger partial charge < -0.3 is 14.5 Å². The highest BCUT2D eigenvalue weighted by molar-refractivity contribution is 6.31. The summed E-state index contributed by atoms with van der Waals surface area (Å²) in [5, 5.41) is 14.4. The third-order valence-corrected chi connectivity index (χ3v) is 5.32. The van der Waals surface area contributed by atoms with Crippen molar-refractivity contribution in [1.82, 2.24) is 5.32 Å². The third-order valence-electron chi connectivity index (χ3n) is 5.08. The Bertz CT molecular complexity index is 1500. The largest absolute Gasteiger partial charge is 0.423 e. The predicted octanol–water partition coefficient (Wildman–Crippen LogP) is 4.55. The first-order chi connectivity index (χ1) is 16.8. The molecule has 0 radical (unpaired) electrons. The molecule has 3 aromatic carbocycles. The molecule has 4 rings (SSSR count). The van der Waals surface area contributed by atoms with Gasteiger partial charge in [-0.15, -0.1) is 0 Å². The molecule has 9 nitrogen and oxygen atoms in total. The Hall–Kier alpha value is -4.50. The number of nitrogens with one attached hydrogen (secondary N) is 1. The maximum absolute atomic E-state index is 12.5. The van der Waals surface area contributed by atoms with Gasteiger partial charge in [-0.25, -0.2) is 9.59 Å². The average molecular weight is 493 g/mol. The van der Waals surface area contributed by atoms with Crippen molar-refractivity contribution in [1.29, 1.82) is 0 Å². The molecule has 176 valence electrons. The van der Waals surface area contributed by atoms with Gasteiger partial charge in [0.15, 0.2) is 0 Å². The molecule has 0 unspecified atom stereocenters. The highest BCUT2D eigenvalue weighted by Gasteiger charge is 2.23. The lowest BCUT2D eigenvalue weighted by atomic mass is 10.1. The summed E-state index contributed by atoms with van der Waals surface area (Å²) in [5.41, 5.74) is -0.684. The number of esters is 1. The van der Waals surface area contributed by atoms with Crippen LogP contribution < -0.4 is 15.7 Å². The molecule has 1 aromatic heterocycles. The van der Waals surface area contributed by atoms with Gasteiger partial charge in [-0.1, -0.05) is 41.9 Å². The minimum Gasteiger partial charge on any atom is -0.423 e. The number of benzene rings is 3. The lowest BCUT2D eigenvalue weighted by molar-refractivity contribution is -0.385. The van der Waals surface area contributed by atoms with E-state index >= 15 is 0 Å². The summed E-state index contributed by atoms with van der Waals surface area (Å²) < 4.78 is 10.5. The molecule has 10 heteroatoms. The fourth-order valence-electron chi connectivity index (χ4n) is 3.36. The molecule has 1 N–H and O–H groups in total. The topological polar surface area (TPSA) is 129 Å². The van der Waals surface area contributed by atoms with E-state index in [1.54, 1.807) is 0 Å². The van der Waals surface area contributed by atoms with Crippen LogP contribution in [0.5, 0.6) is 5.75 Å². The van der Waals surface area contributed by atoms with Crippen LogP contribution in [-0.2, 0) is 6.42 Å². The smallest absolute Gasteiger partial charge is 0.350 e. The van der Waals surface area contributed by atoms with Crippen LogP contribution in [0.15, 0.2) is 82.0 Å². The summed E-state index contributed by atoms with van der Waals surface area (Å²) in [6.45, 7) is 0.339. The molecule has 4 aromatic rings. The third kappa shape index (κ3) is 5.53. The molecule has 0 saturated carbocycles. The number of rotatable bonds is 7. The molecular weight excluding hydrogens is 476 g/mol. The minimum atomic E-state index is -0.982. The number of hydrogen-bond acceptors (Lipinski definition) is 7. The standard InChI is InChI=1S/C25H17ClN2O7/c26-17-7-9-19(21(13-17)28(32)33)24(30)34-18-8-6-16-12-20(25(31)35-22(16)14-18)23(29)27-11-10-15-4-2-1-3-5-15/h1-9,12-14H,10-11H2,(H,27,29). The van der Waals surface area contributed by atoms with Crippen LogP contribution in [0.1, 0.15) is 26.3 Å². The van der Waals surface area contributed by atoms with Crippen molar-refractivity contribution in [3.8, 4) is 5.75 Å². The molecule has 1 heterocycles. The maximum Gasteiger partial charge on any atom is 0.350 e. The van der Waals surface area contributed by atoms with E-state index in [0.29, 0.717) is 18.4 Å². The molecule has 0 aliphatic heterocycles. The van der Waals surface area contributed by atoms with Gasteiger partial charge in [0.25, 0.3) is 11.6 Å². The first kappa shape index (κ1) is 23.7. The first-order valence-corrected chi connectivity index (χ1v) is 10.8. The maximum atomic E-state index is 12.5. The van der Waals surface area contributed by atoms with E-state index in [1.807, 2.05) is 30.3 Å². The molecule has 35 heavy (non-hydrogen) atoms. The van der Waals surface area contributed by atoms with E-state index in [4.69, 9.17) is 20.8 Å². The Morgan fingerprint density at radius 2 is 1.77 bits per heavy atom. The molecule has 1 amide bonds. The second-order valence-electron chi connectivity index (χ2n) is 7.45. The number of nitrogens with zero attached hydrogens (tertiary/aromatic N) is 1. The minimum absolute atomic E-state index is 0.00467. The number of carbonyl (C=O) groups excluding carboxylic acids is 2. The van der Waals surface area contributed by atoms with Crippen LogP contribution in [0.25, 0.3) is 11.0 Å². The van der Waals surface area contributed by atoms with Crippen LogP contribution in [0.4, 0.5) is 5.69 Å². The number of fused-ring (bicyclic) bond motifs is 1. The number of amides is 1. The number of halogens is 1. The van der Waals surface area contributed by atoms with Gasteiger partial charge in [-0.05, 0) is 42.3 Å². The van der Waals surface area contributed by atoms with E-state index in [1.165, 1.54) is 36.4 Å². The zero-order valence-corrected chi connectivity index (χ0v) is 18.8. The van der Waals surface area contributed by atoms with Crippen molar-refractivity contribution in [3.05, 3.63) is 115 Å². The van der Waals surface area contributed by atoms with Gasteiger partial charge in [0, 0.05) is 29.1 Å². The van der Waals surface area contributed by atoms with Crippen LogP contribution in [-0.4, -0.2) is 23.3 Å². The van der Waals surface area contributed by atoms with Gasteiger partial charge >= 0.3 is 11.6 Å². The average Bonchev–Trinajstić information content (AvgIpc) is 2.84. The summed E-state index contributed by atoms with van der Waals surface area (Å²) in [5.74, 6) is -1.55. The van der Waals surface area contributed by atoms with Crippen LogP contribution in [0, 0.1) is 10.1 Å². The van der Waals surface area contributed by atoms with E-state index < -0.39 is 28.1 Å². The summed E-state index contributed by atoms with van der Waals surface area (Å²) in [6.07, 6.45) is 0.603. The van der Waals surface area contributed by atoms with E-state index in [-0.39, 0.29) is 27.5 Å². The molecule has 0 saturated heterocycles.